The standard InChI is InChI=1S/C27H23ClN4O2/c28-23-12-10-21(11-13-23)24-16-25-31(26(33)14-15-32(25)30-24)18-20-6-8-22(9-7-20)27(34)29-17-19-4-2-1-3-5-19/h1-13,16H,14-15,17-18H2,(H,29,34). The van der Waals surface area contributed by atoms with Crippen LogP contribution in [-0.2, 0) is 24.4 Å². The van der Waals surface area contributed by atoms with Gasteiger partial charge in [-0.05, 0) is 35.4 Å². The molecule has 0 bridgehead atoms. The average molecular weight is 471 g/mol. The largest absolute Gasteiger partial charge is 0.348 e. The van der Waals surface area contributed by atoms with Crippen molar-refractivity contribution in [3.63, 3.8) is 0 Å². The number of nitrogens with one attached hydrogen (secondary N) is 1. The number of rotatable bonds is 6. The number of carbonyl (C=O) groups excluding carboxylic acids is 2. The summed E-state index contributed by atoms with van der Waals surface area (Å²) in [5.41, 5.74) is 4.32. The summed E-state index contributed by atoms with van der Waals surface area (Å²) in [6.45, 7) is 1.44. The second-order valence-electron chi connectivity index (χ2n) is 8.21. The molecule has 5 rings (SSSR count). The van der Waals surface area contributed by atoms with E-state index in [1.807, 2.05) is 77.5 Å². The molecule has 0 atom stereocenters. The third-order valence-corrected chi connectivity index (χ3v) is 6.12. The van der Waals surface area contributed by atoms with E-state index < -0.39 is 0 Å². The Kier molecular flexibility index (Phi) is 6.14. The molecule has 1 aliphatic rings. The zero-order valence-electron chi connectivity index (χ0n) is 18.4. The molecule has 2 amide bonds. The van der Waals surface area contributed by atoms with Crippen LogP contribution in [0.1, 0.15) is 27.9 Å². The van der Waals surface area contributed by atoms with Crippen LogP contribution in [0.5, 0.6) is 0 Å². The van der Waals surface area contributed by atoms with Crippen molar-refractivity contribution in [2.75, 3.05) is 4.90 Å². The number of fused-ring (bicyclic) bond motifs is 1. The maximum Gasteiger partial charge on any atom is 0.251 e. The highest BCUT2D eigenvalue weighted by molar-refractivity contribution is 6.30. The summed E-state index contributed by atoms with van der Waals surface area (Å²) in [5.74, 6) is 0.695. The third kappa shape index (κ3) is 4.72. The smallest absolute Gasteiger partial charge is 0.251 e. The van der Waals surface area contributed by atoms with E-state index in [1.54, 1.807) is 17.0 Å². The van der Waals surface area contributed by atoms with Crippen LogP contribution in [-0.4, -0.2) is 21.6 Å². The molecule has 0 saturated heterocycles. The number of carbonyl (C=O) groups is 2. The maximum atomic E-state index is 12.8. The summed E-state index contributed by atoms with van der Waals surface area (Å²) in [7, 11) is 0. The maximum absolute atomic E-state index is 12.8. The minimum absolute atomic E-state index is 0.0553. The van der Waals surface area contributed by atoms with Gasteiger partial charge in [0.25, 0.3) is 5.91 Å². The van der Waals surface area contributed by atoms with Crippen LogP contribution in [0.3, 0.4) is 0 Å². The molecule has 170 valence electrons. The van der Waals surface area contributed by atoms with Gasteiger partial charge in [-0.25, -0.2) is 4.68 Å². The Balaban J connectivity index is 1.29. The topological polar surface area (TPSA) is 67.2 Å². The second kappa shape index (κ2) is 9.53. The van der Waals surface area contributed by atoms with Gasteiger partial charge in [-0.3, -0.25) is 14.5 Å². The highest BCUT2D eigenvalue weighted by Crippen LogP contribution is 2.30. The zero-order chi connectivity index (χ0) is 23.5. The Labute approximate surface area is 202 Å². The third-order valence-electron chi connectivity index (χ3n) is 5.87. The minimum Gasteiger partial charge on any atom is -0.348 e. The van der Waals surface area contributed by atoms with Crippen molar-refractivity contribution in [1.82, 2.24) is 15.1 Å². The lowest BCUT2D eigenvalue weighted by Crippen LogP contribution is -2.36. The molecule has 0 unspecified atom stereocenters. The summed E-state index contributed by atoms with van der Waals surface area (Å²) in [6.07, 6.45) is 0.398. The molecule has 34 heavy (non-hydrogen) atoms. The van der Waals surface area contributed by atoms with Gasteiger partial charge in [-0.2, -0.15) is 5.10 Å². The lowest BCUT2D eigenvalue weighted by molar-refractivity contribution is -0.119. The number of aryl methyl sites for hydroxylation is 1. The quantitative estimate of drug-likeness (QED) is 0.427. The number of benzene rings is 3. The molecule has 0 aliphatic carbocycles. The summed E-state index contributed by atoms with van der Waals surface area (Å²) >= 11 is 6.01. The van der Waals surface area contributed by atoms with Gasteiger partial charge in [0, 0.05) is 35.2 Å². The van der Waals surface area contributed by atoms with Crippen molar-refractivity contribution in [2.45, 2.75) is 26.1 Å². The number of anilines is 1. The van der Waals surface area contributed by atoms with Crippen molar-refractivity contribution in [3.05, 3.63) is 107 Å². The van der Waals surface area contributed by atoms with E-state index in [9.17, 15) is 9.59 Å². The van der Waals surface area contributed by atoms with Crippen LogP contribution >= 0.6 is 11.6 Å². The molecule has 6 nitrogen and oxygen atoms in total. The van der Waals surface area contributed by atoms with Crippen molar-refractivity contribution in [1.29, 1.82) is 0 Å². The molecule has 1 aliphatic heterocycles. The van der Waals surface area contributed by atoms with Crippen molar-refractivity contribution in [3.8, 4) is 11.3 Å². The van der Waals surface area contributed by atoms with Gasteiger partial charge >= 0.3 is 0 Å². The summed E-state index contributed by atoms with van der Waals surface area (Å²) in [4.78, 5) is 27.0. The number of aromatic nitrogens is 2. The normalized spacial score (nSPS) is 13.0. The monoisotopic (exact) mass is 470 g/mol. The van der Waals surface area contributed by atoms with Gasteiger partial charge in [0.05, 0.1) is 18.8 Å². The fourth-order valence-corrected chi connectivity index (χ4v) is 4.13. The van der Waals surface area contributed by atoms with Crippen molar-refractivity contribution in [2.24, 2.45) is 0 Å². The fourth-order valence-electron chi connectivity index (χ4n) is 4.01. The van der Waals surface area contributed by atoms with E-state index in [0.29, 0.717) is 36.6 Å². The summed E-state index contributed by atoms with van der Waals surface area (Å²) in [5, 5.41) is 8.29. The summed E-state index contributed by atoms with van der Waals surface area (Å²) in [6, 6.07) is 26.6. The molecule has 1 aromatic heterocycles. The molecule has 1 N–H and O–H groups in total. The second-order valence-corrected chi connectivity index (χ2v) is 8.65. The van der Waals surface area contributed by atoms with Gasteiger partial charge in [-0.15, -0.1) is 0 Å². The van der Waals surface area contributed by atoms with Crippen LogP contribution in [0.15, 0.2) is 84.9 Å². The van der Waals surface area contributed by atoms with Gasteiger partial charge in [0.2, 0.25) is 5.91 Å². The van der Waals surface area contributed by atoms with E-state index in [1.165, 1.54) is 0 Å². The van der Waals surface area contributed by atoms with Gasteiger partial charge in [-0.1, -0.05) is 66.2 Å². The van der Waals surface area contributed by atoms with Crippen molar-refractivity contribution >= 4 is 29.2 Å². The number of amides is 2. The molecule has 0 fully saturated rings. The Morgan fingerprint density at radius 2 is 1.68 bits per heavy atom. The first-order chi connectivity index (χ1) is 16.6. The highest BCUT2D eigenvalue weighted by atomic mass is 35.5. The number of hydrogen-bond donors (Lipinski definition) is 1. The number of hydrogen-bond acceptors (Lipinski definition) is 3. The van der Waals surface area contributed by atoms with E-state index in [2.05, 4.69) is 10.4 Å². The lowest BCUT2D eigenvalue weighted by atomic mass is 10.1. The Hall–Kier alpha value is -3.90. The molecular weight excluding hydrogens is 448 g/mol. The Morgan fingerprint density at radius 1 is 0.941 bits per heavy atom. The van der Waals surface area contributed by atoms with E-state index in [0.717, 1.165) is 28.2 Å². The van der Waals surface area contributed by atoms with Gasteiger partial charge in [0.1, 0.15) is 5.82 Å². The summed E-state index contributed by atoms with van der Waals surface area (Å²) < 4.78 is 1.87. The fraction of sp³-hybridized carbons (Fsp3) is 0.148. The Bertz CT molecular complexity index is 1320. The molecule has 0 radical (unpaired) electrons. The zero-order valence-corrected chi connectivity index (χ0v) is 19.2. The predicted molar refractivity (Wildman–Crippen MR) is 133 cm³/mol. The molecule has 0 saturated carbocycles. The first-order valence-corrected chi connectivity index (χ1v) is 11.5. The van der Waals surface area contributed by atoms with Crippen LogP contribution in [0, 0.1) is 0 Å². The predicted octanol–water partition coefficient (Wildman–Crippen LogP) is 5.07. The van der Waals surface area contributed by atoms with Gasteiger partial charge in [0.15, 0.2) is 0 Å². The number of nitrogens with zero attached hydrogens (tertiary/aromatic N) is 3. The minimum atomic E-state index is -0.130. The molecule has 0 spiro atoms. The molecule has 4 aromatic rings. The molecule has 2 heterocycles. The average Bonchev–Trinajstić information content (AvgIpc) is 3.30. The lowest BCUT2D eigenvalue weighted by Gasteiger charge is -2.27. The van der Waals surface area contributed by atoms with Crippen molar-refractivity contribution < 1.29 is 9.59 Å². The van der Waals surface area contributed by atoms with Gasteiger partial charge < -0.3 is 5.32 Å². The molecule has 7 heteroatoms. The van der Waals surface area contributed by atoms with E-state index in [4.69, 9.17) is 11.6 Å². The highest BCUT2D eigenvalue weighted by Gasteiger charge is 2.26. The van der Waals surface area contributed by atoms with E-state index in [-0.39, 0.29) is 11.8 Å². The number of halogens is 1. The van der Waals surface area contributed by atoms with Crippen LogP contribution in [0.4, 0.5) is 5.82 Å². The Morgan fingerprint density at radius 3 is 2.41 bits per heavy atom. The SMILES string of the molecule is O=C(NCc1ccccc1)c1ccc(CN2C(=O)CCn3nc(-c4ccc(Cl)cc4)cc32)cc1. The first kappa shape index (κ1) is 21.9. The van der Waals surface area contributed by atoms with Crippen LogP contribution in [0.25, 0.3) is 11.3 Å². The first-order valence-electron chi connectivity index (χ1n) is 11.1. The van der Waals surface area contributed by atoms with Crippen LogP contribution in [0.2, 0.25) is 5.02 Å². The molecular formula is C27H23ClN4O2. The van der Waals surface area contributed by atoms with E-state index >= 15 is 0 Å². The molecule has 3 aromatic carbocycles. The van der Waals surface area contributed by atoms with Crippen LogP contribution < -0.4 is 10.2 Å².